The maximum Gasteiger partial charge on any atom is 0.419 e. The Bertz CT molecular complexity index is 1300. The number of nitrogens with zero attached hydrogens (tertiary/aromatic N) is 1. The van der Waals surface area contributed by atoms with Crippen LogP contribution in [0.4, 0.5) is 22.0 Å². The summed E-state index contributed by atoms with van der Waals surface area (Å²) in [5.74, 6) is -5.78. The van der Waals surface area contributed by atoms with E-state index in [9.17, 15) is 31.5 Å². The Kier molecular flexibility index (Phi) is 6.72. The van der Waals surface area contributed by atoms with Crippen LogP contribution >= 0.6 is 0 Å². The van der Waals surface area contributed by atoms with Gasteiger partial charge < -0.3 is 9.84 Å². The van der Waals surface area contributed by atoms with E-state index in [1.165, 1.54) is 19.9 Å². The van der Waals surface area contributed by atoms with Crippen molar-refractivity contribution in [1.29, 1.82) is 0 Å². The van der Waals surface area contributed by atoms with E-state index < -0.39 is 52.8 Å². The molecule has 0 aliphatic rings. The third-order valence-corrected chi connectivity index (χ3v) is 5.01. The van der Waals surface area contributed by atoms with Crippen molar-refractivity contribution >= 4 is 28.7 Å². The summed E-state index contributed by atoms with van der Waals surface area (Å²) in [6.45, 7) is 1.91. The van der Waals surface area contributed by atoms with Crippen LogP contribution < -0.4 is 4.74 Å². The first-order chi connectivity index (χ1) is 15.8. The summed E-state index contributed by atoms with van der Waals surface area (Å²) in [7, 11) is 0. The number of alkyl halides is 3. The lowest BCUT2D eigenvalue weighted by Crippen LogP contribution is -2.29. The van der Waals surface area contributed by atoms with Gasteiger partial charge in [0.1, 0.15) is 12.4 Å². The molecule has 178 valence electrons. The molecular formula is C24H18F5NO4. The minimum atomic E-state index is -5.07. The largest absolute Gasteiger partial charge is 0.487 e. The Balaban J connectivity index is 2.00. The fourth-order valence-electron chi connectivity index (χ4n) is 3.01. The van der Waals surface area contributed by atoms with E-state index in [0.717, 1.165) is 12.3 Å². The molecule has 3 aromatic carbocycles. The highest BCUT2D eigenvalue weighted by atomic mass is 19.4. The summed E-state index contributed by atoms with van der Waals surface area (Å²) < 4.78 is 72.3. The van der Waals surface area contributed by atoms with Crippen molar-refractivity contribution < 1.29 is 41.4 Å². The highest BCUT2D eigenvalue weighted by Crippen LogP contribution is 2.34. The number of aliphatic carboxylic acids is 1. The molecule has 0 fully saturated rings. The van der Waals surface area contributed by atoms with Crippen molar-refractivity contribution in [3.8, 4) is 5.75 Å². The van der Waals surface area contributed by atoms with Gasteiger partial charge in [-0.25, -0.2) is 13.6 Å². The molecule has 0 saturated carbocycles. The van der Waals surface area contributed by atoms with E-state index in [4.69, 9.17) is 9.84 Å². The molecule has 0 saturated heterocycles. The number of carbonyl (C=O) groups is 2. The predicted molar refractivity (Wildman–Crippen MR) is 114 cm³/mol. The van der Waals surface area contributed by atoms with Crippen molar-refractivity contribution in [3.05, 3.63) is 76.9 Å². The van der Waals surface area contributed by atoms with Crippen molar-refractivity contribution in [2.75, 3.05) is 0 Å². The van der Waals surface area contributed by atoms with Gasteiger partial charge in [-0.1, -0.05) is 36.4 Å². The lowest BCUT2D eigenvalue weighted by molar-refractivity contribution is -0.142. The zero-order valence-corrected chi connectivity index (χ0v) is 17.9. The van der Waals surface area contributed by atoms with Crippen molar-refractivity contribution in [3.63, 3.8) is 0 Å². The second-order valence-electron chi connectivity index (χ2n) is 7.84. The second-order valence-corrected chi connectivity index (χ2v) is 7.84. The molecule has 1 N–H and O–H groups in total. The summed E-state index contributed by atoms with van der Waals surface area (Å²) in [5.41, 5.74) is -3.85. The number of carboxylic acids is 1. The third kappa shape index (κ3) is 5.05. The monoisotopic (exact) mass is 479 g/mol. The van der Waals surface area contributed by atoms with Gasteiger partial charge in [0.2, 0.25) is 5.78 Å². The highest BCUT2D eigenvalue weighted by molar-refractivity contribution is 6.37. The Labute approximate surface area is 190 Å². The Morgan fingerprint density at radius 2 is 1.68 bits per heavy atom. The van der Waals surface area contributed by atoms with E-state index in [2.05, 4.69) is 4.99 Å². The number of Topliss-reactive ketones (excluding diaryl/α,β-unsaturated/α-hetero) is 1. The van der Waals surface area contributed by atoms with E-state index in [-0.39, 0.29) is 11.3 Å². The van der Waals surface area contributed by atoms with Crippen LogP contribution in [0.15, 0.2) is 53.5 Å². The Morgan fingerprint density at radius 3 is 2.32 bits per heavy atom. The molecule has 0 aromatic heterocycles. The van der Waals surface area contributed by atoms with Gasteiger partial charge in [-0.15, -0.1) is 0 Å². The molecule has 0 unspecified atom stereocenters. The van der Waals surface area contributed by atoms with E-state index in [1.807, 2.05) is 0 Å². The van der Waals surface area contributed by atoms with Crippen LogP contribution in [0.1, 0.15) is 35.3 Å². The molecule has 34 heavy (non-hydrogen) atoms. The number of ketones is 1. The molecule has 3 rings (SSSR count). The van der Waals surface area contributed by atoms with Crippen LogP contribution in [0.5, 0.6) is 5.75 Å². The van der Waals surface area contributed by atoms with Crippen LogP contribution in [0.3, 0.4) is 0 Å². The number of carboxylic acid groups (broad SMARTS) is 1. The maximum atomic E-state index is 14.3. The average Bonchev–Trinajstić information content (AvgIpc) is 2.77. The first-order valence-corrected chi connectivity index (χ1v) is 9.84. The van der Waals surface area contributed by atoms with Crippen LogP contribution in [0.25, 0.3) is 10.8 Å². The summed E-state index contributed by atoms with van der Waals surface area (Å²) in [5, 5.41) is 10.2. The molecule has 0 atom stereocenters. The number of carbonyl (C=O) groups excluding carboxylic acids is 1. The maximum absolute atomic E-state index is 14.3. The molecule has 10 heteroatoms. The smallest absolute Gasteiger partial charge is 0.419 e. The van der Waals surface area contributed by atoms with Gasteiger partial charge in [-0.3, -0.25) is 9.79 Å². The molecule has 0 aliphatic carbocycles. The number of aliphatic imine (C=N–C) groups is 1. The number of halogens is 5. The van der Waals surface area contributed by atoms with Crippen LogP contribution in [-0.2, 0) is 17.6 Å². The zero-order valence-electron chi connectivity index (χ0n) is 17.9. The Hall–Kier alpha value is -3.82. The number of benzene rings is 3. The predicted octanol–water partition coefficient (Wildman–Crippen LogP) is 5.83. The van der Waals surface area contributed by atoms with Gasteiger partial charge in [0.05, 0.1) is 17.3 Å². The van der Waals surface area contributed by atoms with E-state index in [1.54, 1.807) is 30.3 Å². The van der Waals surface area contributed by atoms with E-state index >= 15 is 0 Å². The Morgan fingerprint density at radius 1 is 1.00 bits per heavy atom. The minimum Gasteiger partial charge on any atom is -0.487 e. The average molecular weight is 479 g/mol. The van der Waals surface area contributed by atoms with Crippen molar-refractivity contribution in [2.24, 2.45) is 4.99 Å². The summed E-state index contributed by atoms with van der Waals surface area (Å²) in [4.78, 5) is 27.8. The number of hydrogen-bond acceptors (Lipinski definition) is 4. The number of fused-ring (bicyclic) bond motifs is 1. The molecular weight excluding hydrogens is 461 g/mol. The highest BCUT2D eigenvalue weighted by Gasteiger charge is 2.36. The van der Waals surface area contributed by atoms with Gasteiger partial charge in [0.15, 0.2) is 17.2 Å². The topological polar surface area (TPSA) is 76.0 Å². The molecule has 0 radical (unpaired) electrons. The fourth-order valence-corrected chi connectivity index (χ4v) is 3.01. The van der Waals surface area contributed by atoms with Gasteiger partial charge >= 0.3 is 12.1 Å². The standard InChI is InChI=1S/C24H18F5NO4/c1-23(2,22(32)33)30-11-18(31)16-9-7-13-5-3-4-6-15(13)21(16)34-12-14-8-10-17(24(27,28)29)20(26)19(14)25/h3-11H,12H2,1-2H3,(H,32,33). The van der Waals surface area contributed by atoms with Crippen LogP contribution in [-0.4, -0.2) is 28.6 Å². The minimum absolute atomic E-state index is 0.0395. The first-order valence-electron chi connectivity index (χ1n) is 9.84. The molecule has 0 heterocycles. The van der Waals surface area contributed by atoms with Gasteiger partial charge in [0.25, 0.3) is 0 Å². The molecule has 0 bridgehead atoms. The van der Waals surface area contributed by atoms with Gasteiger partial charge in [-0.2, -0.15) is 13.2 Å². The quantitative estimate of drug-likeness (QED) is 0.263. The molecule has 0 amide bonds. The molecule has 0 aliphatic heterocycles. The van der Waals surface area contributed by atoms with Gasteiger partial charge in [-0.05, 0) is 31.4 Å². The SMILES string of the molecule is CC(C)(N=CC(=O)c1ccc2ccccc2c1OCc1ccc(C(F)(F)F)c(F)c1F)C(=O)O. The normalized spacial score (nSPS) is 12.3. The zero-order chi connectivity index (χ0) is 25.3. The van der Waals surface area contributed by atoms with Crippen molar-refractivity contribution in [2.45, 2.75) is 32.2 Å². The molecule has 3 aromatic rings. The third-order valence-electron chi connectivity index (χ3n) is 5.01. The van der Waals surface area contributed by atoms with Crippen LogP contribution in [0.2, 0.25) is 0 Å². The number of ether oxygens (including phenoxy) is 1. The first kappa shape index (κ1) is 24.8. The van der Waals surface area contributed by atoms with Crippen LogP contribution in [0, 0.1) is 11.6 Å². The molecule has 5 nitrogen and oxygen atoms in total. The fraction of sp³-hybridized carbons (Fsp3) is 0.208. The summed E-state index contributed by atoms with van der Waals surface area (Å²) >= 11 is 0. The number of hydrogen-bond donors (Lipinski definition) is 1. The summed E-state index contributed by atoms with van der Waals surface area (Å²) in [6, 6.07) is 10.8. The lowest BCUT2D eigenvalue weighted by atomic mass is 10.0. The molecule has 0 spiro atoms. The second kappa shape index (κ2) is 9.20. The summed E-state index contributed by atoms with van der Waals surface area (Å²) in [6.07, 6.45) is -4.24. The number of rotatable bonds is 7. The van der Waals surface area contributed by atoms with Crippen molar-refractivity contribution in [1.82, 2.24) is 0 Å². The van der Waals surface area contributed by atoms with Gasteiger partial charge in [0, 0.05) is 10.9 Å². The van der Waals surface area contributed by atoms with E-state index in [0.29, 0.717) is 16.8 Å². The lowest BCUT2D eigenvalue weighted by Gasteiger charge is -2.16.